The lowest BCUT2D eigenvalue weighted by molar-refractivity contribution is 0.762. The first-order valence-corrected chi connectivity index (χ1v) is 12.9. The number of nitrogens with zero attached hydrogens (tertiary/aromatic N) is 2. The van der Waals surface area contributed by atoms with Gasteiger partial charge in [0.2, 0.25) is 0 Å². The highest BCUT2D eigenvalue weighted by atomic mass is 15.2. The van der Waals surface area contributed by atoms with E-state index in [1.165, 1.54) is 32.7 Å². The Bertz CT molecular complexity index is 1820. The zero-order valence-corrected chi connectivity index (χ0v) is 20.8. The quantitative estimate of drug-likeness (QED) is 0.268. The minimum Gasteiger partial charge on any atom is -0.324 e. The molecule has 0 spiro atoms. The van der Waals surface area contributed by atoms with Gasteiger partial charge in [-0.1, -0.05) is 140 Å². The number of rotatable bonds is 4. The third-order valence-electron chi connectivity index (χ3n) is 7.15. The molecule has 1 heterocycles. The van der Waals surface area contributed by atoms with Crippen LogP contribution in [0.25, 0.3) is 32.7 Å². The number of hydrogen-bond donors (Lipinski definition) is 1. The van der Waals surface area contributed by atoms with E-state index >= 15 is 0 Å². The topological polar surface area (TPSA) is 36.8 Å². The van der Waals surface area contributed by atoms with E-state index in [1.54, 1.807) is 0 Å². The fraction of sp³-hybridized carbons (Fsp3) is 0.0286. The molecule has 0 aliphatic carbocycles. The monoisotopic (exact) mass is 487 g/mol. The highest BCUT2D eigenvalue weighted by Gasteiger charge is 2.23. The Balaban J connectivity index is 1.36. The van der Waals surface area contributed by atoms with Crippen LogP contribution in [-0.4, -0.2) is 11.7 Å². The molecule has 0 fully saturated rings. The molecule has 1 aliphatic rings. The maximum Gasteiger partial charge on any atom is 0.170 e. The van der Waals surface area contributed by atoms with Crippen LogP contribution in [0.15, 0.2) is 150 Å². The first-order valence-electron chi connectivity index (χ1n) is 12.9. The number of fused-ring (bicyclic) bond motifs is 2. The molecule has 1 N–H and O–H groups in total. The molecule has 6 aromatic rings. The van der Waals surface area contributed by atoms with Gasteiger partial charge in [0.1, 0.15) is 11.7 Å². The molecule has 6 aromatic carbocycles. The average Bonchev–Trinajstić information content (AvgIpc) is 3.01. The molecule has 0 saturated heterocycles. The smallest absolute Gasteiger partial charge is 0.170 e. The Morgan fingerprint density at radius 3 is 1.76 bits per heavy atom. The summed E-state index contributed by atoms with van der Waals surface area (Å²) in [6.45, 7) is 0. The van der Waals surface area contributed by atoms with Crippen molar-refractivity contribution in [2.45, 2.75) is 6.17 Å². The van der Waals surface area contributed by atoms with Crippen LogP contribution in [0.2, 0.25) is 0 Å². The van der Waals surface area contributed by atoms with Gasteiger partial charge in [0.05, 0.1) is 0 Å². The molecule has 0 radical (unpaired) electrons. The van der Waals surface area contributed by atoms with Gasteiger partial charge in [-0.15, -0.1) is 0 Å². The summed E-state index contributed by atoms with van der Waals surface area (Å²) in [5.41, 5.74) is 5.58. The third-order valence-corrected chi connectivity index (χ3v) is 7.15. The van der Waals surface area contributed by atoms with Crippen LogP contribution >= 0.6 is 0 Å². The van der Waals surface area contributed by atoms with E-state index in [4.69, 9.17) is 9.98 Å². The minimum absolute atomic E-state index is 0.361. The molecule has 0 amide bonds. The van der Waals surface area contributed by atoms with Crippen LogP contribution in [0, 0.1) is 0 Å². The second-order valence-corrected chi connectivity index (χ2v) is 9.49. The molecule has 180 valence electrons. The summed E-state index contributed by atoms with van der Waals surface area (Å²) in [5.74, 6) is 1.65. The van der Waals surface area contributed by atoms with Crippen molar-refractivity contribution < 1.29 is 0 Å². The molecule has 1 unspecified atom stereocenters. The standard InChI is InChI=1S/C35H25N3/c1-2-10-24(11-3-1)25-20-22-28(23-21-25)33-36-34(31-18-8-14-26-12-4-6-16-29(26)31)38-35(37-33)32-19-9-15-27-13-5-7-17-30(27)32/h1-23,34H,(H,36,37,38). The summed E-state index contributed by atoms with van der Waals surface area (Å²) in [7, 11) is 0. The Morgan fingerprint density at radius 2 is 0.974 bits per heavy atom. The Kier molecular flexibility index (Phi) is 5.52. The minimum atomic E-state index is -0.361. The van der Waals surface area contributed by atoms with Gasteiger partial charge in [0.25, 0.3) is 0 Å². The van der Waals surface area contributed by atoms with Crippen LogP contribution < -0.4 is 5.32 Å². The first-order chi connectivity index (χ1) is 18.8. The Labute approximate surface area is 221 Å². The van der Waals surface area contributed by atoms with E-state index in [0.717, 1.165) is 28.4 Å². The second-order valence-electron chi connectivity index (χ2n) is 9.49. The number of aliphatic imine (C=N–C) groups is 2. The summed E-state index contributed by atoms with van der Waals surface area (Å²) in [5, 5.41) is 8.30. The Morgan fingerprint density at radius 1 is 0.421 bits per heavy atom. The molecule has 38 heavy (non-hydrogen) atoms. The van der Waals surface area contributed by atoms with Gasteiger partial charge in [0, 0.05) is 16.7 Å². The van der Waals surface area contributed by atoms with Crippen LogP contribution in [0.5, 0.6) is 0 Å². The molecule has 0 saturated carbocycles. The summed E-state index contributed by atoms with van der Waals surface area (Å²) in [4.78, 5) is 10.3. The first kappa shape index (κ1) is 22.2. The van der Waals surface area contributed by atoms with E-state index in [2.05, 4.69) is 139 Å². The highest BCUT2D eigenvalue weighted by molar-refractivity contribution is 6.20. The van der Waals surface area contributed by atoms with Crippen molar-refractivity contribution >= 4 is 33.2 Å². The van der Waals surface area contributed by atoms with Crippen molar-refractivity contribution in [2.24, 2.45) is 9.98 Å². The second kappa shape index (κ2) is 9.45. The van der Waals surface area contributed by atoms with Gasteiger partial charge in [-0.2, -0.15) is 0 Å². The number of benzene rings is 6. The largest absolute Gasteiger partial charge is 0.324 e. The van der Waals surface area contributed by atoms with Crippen molar-refractivity contribution in [1.82, 2.24) is 5.32 Å². The normalized spacial score (nSPS) is 15.1. The maximum atomic E-state index is 5.18. The fourth-order valence-corrected chi connectivity index (χ4v) is 5.23. The van der Waals surface area contributed by atoms with Crippen LogP contribution in [0.1, 0.15) is 22.9 Å². The van der Waals surface area contributed by atoms with E-state index in [0.29, 0.717) is 0 Å². The lowest BCUT2D eigenvalue weighted by atomic mass is 10.00. The van der Waals surface area contributed by atoms with Crippen LogP contribution in [-0.2, 0) is 0 Å². The molecule has 7 rings (SSSR count). The number of hydrogen-bond acceptors (Lipinski definition) is 3. The maximum absolute atomic E-state index is 5.18. The highest BCUT2D eigenvalue weighted by Crippen LogP contribution is 2.31. The summed E-state index contributed by atoms with van der Waals surface area (Å²) in [6.07, 6.45) is -0.361. The van der Waals surface area contributed by atoms with E-state index < -0.39 is 0 Å². The molecule has 1 atom stereocenters. The average molecular weight is 488 g/mol. The summed E-state index contributed by atoms with van der Waals surface area (Å²) < 4.78 is 0. The zero-order valence-electron chi connectivity index (χ0n) is 20.8. The fourth-order valence-electron chi connectivity index (χ4n) is 5.23. The predicted molar refractivity (Wildman–Crippen MR) is 159 cm³/mol. The molecular formula is C35H25N3. The zero-order chi connectivity index (χ0) is 25.3. The van der Waals surface area contributed by atoms with Crippen molar-refractivity contribution in [3.05, 3.63) is 156 Å². The Hall–Kier alpha value is -5.02. The van der Waals surface area contributed by atoms with Gasteiger partial charge in [-0.05, 0) is 32.7 Å². The summed E-state index contributed by atoms with van der Waals surface area (Å²) in [6, 6.07) is 48.7. The van der Waals surface area contributed by atoms with Gasteiger partial charge < -0.3 is 5.32 Å². The van der Waals surface area contributed by atoms with Gasteiger partial charge in [-0.3, -0.25) is 0 Å². The summed E-state index contributed by atoms with van der Waals surface area (Å²) >= 11 is 0. The van der Waals surface area contributed by atoms with Crippen LogP contribution in [0.4, 0.5) is 0 Å². The molecule has 3 heteroatoms. The van der Waals surface area contributed by atoms with E-state index in [9.17, 15) is 0 Å². The third kappa shape index (κ3) is 4.04. The number of amidine groups is 2. The van der Waals surface area contributed by atoms with Crippen LogP contribution in [0.3, 0.4) is 0 Å². The predicted octanol–water partition coefficient (Wildman–Crippen LogP) is 8.16. The van der Waals surface area contributed by atoms with Gasteiger partial charge >= 0.3 is 0 Å². The molecular weight excluding hydrogens is 462 g/mol. The molecule has 0 aromatic heterocycles. The van der Waals surface area contributed by atoms with Crippen molar-refractivity contribution in [1.29, 1.82) is 0 Å². The lowest BCUT2D eigenvalue weighted by Gasteiger charge is -2.24. The SMILES string of the molecule is c1ccc(-c2ccc(C3=NC(c4cccc5ccccc45)N=C(c4cccc5ccccc45)N3)cc2)cc1. The lowest BCUT2D eigenvalue weighted by Crippen LogP contribution is -2.36. The van der Waals surface area contributed by atoms with Gasteiger partial charge in [0.15, 0.2) is 6.17 Å². The molecule has 1 aliphatic heterocycles. The molecule has 0 bridgehead atoms. The van der Waals surface area contributed by atoms with Gasteiger partial charge in [-0.25, -0.2) is 9.98 Å². The van der Waals surface area contributed by atoms with Crippen molar-refractivity contribution in [3.8, 4) is 11.1 Å². The van der Waals surface area contributed by atoms with Crippen molar-refractivity contribution in [2.75, 3.05) is 0 Å². The van der Waals surface area contributed by atoms with E-state index in [1.807, 2.05) is 6.07 Å². The van der Waals surface area contributed by atoms with E-state index in [-0.39, 0.29) is 6.17 Å². The number of nitrogens with one attached hydrogen (secondary N) is 1. The van der Waals surface area contributed by atoms with Crippen molar-refractivity contribution in [3.63, 3.8) is 0 Å². The molecule has 3 nitrogen and oxygen atoms in total.